The largest absolute Gasteiger partial charge is 0.487 e. The van der Waals surface area contributed by atoms with Gasteiger partial charge in [0.15, 0.2) is 16.9 Å². The maximum atomic E-state index is 12.7. The second-order valence-electron chi connectivity index (χ2n) is 9.30. The third-order valence-corrected chi connectivity index (χ3v) is 5.42. The predicted molar refractivity (Wildman–Crippen MR) is 129 cm³/mol. The van der Waals surface area contributed by atoms with Gasteiger partial charge in [0.25, 0.3) is 0 Å². The lowest BCUT2D eigenvalue weighted by atomic mass is 9.94. The van der Waals surface area contributed by atoms with Crippen LogP contribution in [-0.4, -0.2) is 24.6 Å². The first-order chi connectivity index (χ1) is 15.3. The van der Waals surface area contributed by atoms with Crippen LogP contribution < -0.4 is 9.47 Å². The van der Waals surface area contributed by atoms with Crippen LogP contribution in [0, 0.1) is 5.41 Å². The van der Waals surface area contributed by atoms with Gasteiger partial charge in [-0.1, -0.05) is 83.3 Å². The molecule has 1 aromatic carbocycles. The molecule has 1 aromatic rings. The average Bonchev–Trinajstić information content (AvgIpc) is 2.75. The molecule has 32 heavy (non-hydrogen) atoms. The van der Waals surface area contributed by atoms with Crippen LogP contribution in [0.15, 0.2) is 24.3 Å². The van der Waals surface area contributed by atoms with E-state index in [2.05, 4.69) is 6.92 Å². The Labute approximate surface area is 195 Å². The van der Waals surface area contributed by atoms with Gasteiger partial charge in [0.1, 0.15) is 0 Å². The molecule has 0 saturated carbocycles. The van der Waals surface area contributed by atoms with E-state index >= 15 is 0 Å². The molecule has 0 bridgehead atoms. The van der Waals surface area contributed by atoms with Gasteiger partial charge in [-0.25, -0.2) is 0 Å². The van der Waals surface area contributed by atoms with Crippen molar-refractivity contribution in [1.29, 1.82) is 0 Å². The van der Waals surface area contributed by atoms with Crippen LogP contribution in [0.3, 0.4) is 0 Å². The number of esters is 2. The summed E-state index contributed by atoms with van der Waals surface area (Å²) in [5, 5.41) is 0. The van der Waals surface area contributed by atoms with Crippen LogP contribution in [0.5, 0.6) is 11.5 Å². The first-order valence-corrected chi connectivity index (χ1v) is 12.4. The van der Waals surface area contributed by atoms with E-state index in [-0.39, 0.29) is 6.10 Å². The second-order valence-corrected chi connectivity index (χ2v) is 9.30. The van der Waals surface area contributed by atoms with Crippen LogP contribution in [0.25, 0.3) is 0 Å². The van der Waals surface area contributed by atoms with Crippen molar-refractivity contribution >= 4 is 11.9 Å². The first-order valence-electron chi connectivity index (χ1n) is 12.4. The molecule has 0 aliphatic rings. The number of unbranched alkanes of at least 4 members (excludes halogenated alkanes) is 10. The third kappa shape index (κ3) is 11.0. The lowest BCUT2D eigenvalue weighted by Crippen LogP contribution is -2.38. The van der Waals surface area contributed by atoms with Gasteiger partial charge in [0.05, 0.1) is 12.7 Å². The molecule has 182 valence electrons. The molecule has 5 nitrogen and oxygen atoms in total. The zero-order valence-electron chi connectivity index (χ0n) is 20.9. The fraction of sp³-hybridized carbons (Fsp3) is 0.704. The maximum absolute atomic E-state index is 12.7. The van der Waals surface area contributed by atoms with Gasteiger partial charge in [-0.15, -0.1) is 0 Å². The highest BCUT2D eigenvalue weighted by Crippen LogP contribution is 2.30. The number of carbonyl (C=O) groups is 2. The van der Waals surface area contributed by atoms with Gasteiger partial charge in [-0.3, -0.25) is 9.59 Å². The van der Waals surface area contributed by atoms with Crippen LogP contribution in [0.4, 0.5) is 0 Å². The molecule has 0 aliphatic carbocycles. The van der Waals surface area contributed by atoms with Crippen molar-refractivity contribution in [2.75, 3.05) is 6.61 Å². The minimum absolute atomic E-state index is 0.0568. The fourth-order valence-corrected chi connectivity index (χ4v) is 3.31. The number of benzene rings is 1. The number of para-hydroxylation sites is 2. The molecule has 0 heterocycles. The SMILES string of the molecule is CCCCCCCCCCCCCOC(=O)C(C)(C)C(=O)Oc1ccccc1OC(C)C. The Kier molecular flexibility index (Phi) is 13.7. The molecule has 0 saturated heterocycles. The van der Waals surface area contributed by atoms with Gasteiger partial charge in [-0.2, -0.15) is 0 Å². The van der Waals surface area contributed by atoms with Crippen LogP contribution in [0.2, 0.25) is 0 Å². The summed E-state index contributed by atoms with van der Waals surface area (Å²) in [5.74, 6) is -0.434. The lowest BCUT2D eigenvalue weighted by molar-refractivity contribution is -0.164. The summed E-state index contributed by atoms with van der Waals surface area (Å²) in [6, 6.07) is 6.96. The quantitative estimate of drug-likeness (QED) is 0.109. The van der Waals surface area contributed by atoms with E-state index in [1.165, 1.54) is 65.2 Å². The molecule has 0 aliphatic heterocycles. The fourth-order valence-electron chi connectivity index (χ4n) is 3.31. The molecule has 1 rings (SSSR count). The van der Waals surface area contributed by atoms with Gasteiger partial charge >= 0.3 is 11.9 Å². The second kappa shape index (κ2) is 15.7. The molecule has 0 amide bonds. The van der Waals surface area contributed by atoms with Crippen molar-refractivity contribution in [1.82, 2.24) is 0 Å². The molecule has 0 radical (unpaired) electrons. The normalized spacial score (nSPS) is 11.4. The minimum atomic E-state index is -1.39. The van der Waals surface area contributed by atoms with Crippen LogP contribution in [-0.2, 0) is 14.3 Å². The number of ether oxygens (including phenoxy) is 3. The van der Waals surface area contributed by atoms with E-state index < -0.39 is 17.4 Å². The molecular formula is C27H44O5. The molecule has 0 fully saturated rings. The number of hydrogen-bond acceptors (Lipinski definition) is 5. The topological polar surface area (TPSA) is 61.8 Å². The Hall–Kier alpha value is -2.04. The highest BCUT2D eigenvalue weighted by Gasteiger charge is 2.40. The Balaban J connectivity index is 2.27. The summed E-state index contributed by atoms with van der Waals surface area (Å²) in [4.78, 5) is 25.1. The molecule has 0 unspecified atom stereocenters. The molecule has 5 heteroatoms. The molecule has 0 atom stereocenters. The predicted octanol–water partition coefficient (Wildman–Crippen LogP) is 7.26. The summed E-state index contributed by atoms with van der Waals surface area (Å²) < 4.78 is 16.5. The van der Waals surface area contributed by atoms with Crippen LogP contribution >= 0.6 is 0 Å². The summed E-state index contributed by atoms with van der Waals surface area (Å²) in [7, 11) is 0. The first kappa shape index (κ1) is 28.0. The highest BCUT2D eigenvalue weighted by atomic mass is 16.6. The third-order valence-electron chi connectivity index (χ3n) is 5.42. The minimum Gasteiger partial charge on any atom is -0.487 e. The standard InChI is InChI=1S/C27H44O5/c1-6-7-8-9-10-11-12-13-14-15-18-21-30-25(28)27(4,5)26(29)32-24-20-17-16-19-23(24)31-22(2)3/h16-17,19-20,22H,6-15,18,21H2,1-5H3. The van der Waals surface area contributed by atoms with E-state index in [0.29, 0.717) is 18.1 Å². The van der Waals surface area contributed by atoms with Crippen LogP contribution in [0.1, 0.15) is 105 Å². The number of hydrogen-bond donors (Lipinski definition) is 0. The van der Waals surface area contributed by atoms with Crippen molar-refractivity contribution in [3.8, 4) is 11.5 Å². The highest BCUT2D eigenvalue weighted by molar-refractivity contribution is 6.00. The molecule has 0 spiro atoms. The zero-order chi connectivity index (χ0) is 23.8. The maximum Gasteiger partial charge on any atom is 0.328 e. The van der Waals surface area contributed by atoms with E-state index in [0.717, 1.165) is 19.3 Å². The summed E-state index contributed by atoms with van der Waals surface area (Å²) in [6.07, 6.45) is 13.5. The van der Waals surface area contributed by atoms with Gasteiger partial charge < -0.3 is 14.2 Å². The molecule has 0 N–H and O–H groups in total. The van der Waals surface area contributed by atoms with E-state index in [1.807, 2.05) is 19.9 Å². The summed E-state index contributed by atoms with van der Waals surface area (Å²) in [6.45, 7) is 9.43. The summed E-state index contributed by atoms with van der Waals surface area (Å²) in [5.41, 5.74) is -1.39. The van der Waals surface area contributed by atoms with Crippen molar-refractivity contribution in [3.63, 3.8) is 0 Å². The summed E-state index contributed by atoms with van der Waals surface area (Å²) >= 11 is 0. The van der Waals surface area contributed by atoms with E-state index in [4.69, 9.17) is 14.2 Å². The Morgan fingerprint density at radius 2 is 1.28 bits per heavy atom. The average molecular weight is 449 g/mol. The van der Waals surface area contributed by atoms with Gasteiger partial charge in [0, 0.05) is 0 Å². The number of carbonyl (C=O) groups excluding carboxylic acids is 2. The lowest BCUT2D eigenvalue weighted by Gasteiger charge is -2.22. The Morgan fingerprint density at radius 1 is 0.781 bits per heavy atom. The van der Waals surface area contributed by atoms with Crippen molar-refractivity contribution < 1.29 is 23.8 Å². The van der Waals surface area contributed by atoms with Crippen molar-refractivity contribution in [3.05, 3.63) is 24.3 Å². The monoisotopic (exact) mass is 448 g/mol. The molecule has 0 aromatic heterocycles. The zero-order valence-corrected chi connectivity index (χ0v) is 20.9. The number of rotatable bonds is 17. The smallest absolute Gasteiger partial charge is 0.328 e. The van der Waals surface area contributed by atoms with Gasteiger partial charge in [0.2, 0.25) is 0 Å². The van der Waals surface area contributed by atoms with Gasteiger partial charge in [-0.05, 0) is 46.2 Å². The molecular weight excluding hydrogens is 404 g/mol. The Bertz CT molecular complexity index is 666. The Morgan fingerprint density at radius 3 is 1.81 bits per heavy atom. The van der Waals surface area contributed by atoms with E-state index in [1.54, 1.807) is 18.2 Å². The van der Waals surface area contributed by atoms with E-state index in [9.17, 15) is 9.59 Å². The van der Waals surface area contributed by atoms with Crippen molar-refractivity contribution in [2.45, 2.75) is 111 Å². The van der Waals surface area contributed by atoms with Crippen molar-refractivity contribution in [2.24, 2.45) is 5.41 Å².